The fourth-order valence-corrected chi connectivity index (χ4v) is 2.58. The maximum absolute atomic E-state index is 11.8. The Balaban J connectivity index is 1.88. The molecule has 1 aromatic rings. The van der Waals surface area contributed by atoms with Gasteiger partial charge in [0.15, 0.2) is 0 Å². The van der Waals surface area contributed by atoms with E-state index in [-0.39, 0.29) is 23.1 Å². The molecule has 0 radical (unpaired) electrons. The third-order valence-corrected chi connectivity index (χ3v) is 4.06. The summed E-state index contributed by atoms with van der Waals surface area (Å²) >= 11 is 11.5. The molecule has 2 rings (SSSR count). The average molecular weight is 291 g/mol. The molecule has 1 amide bonds. The summed E-state index contributed by atoms with van der Waals surface area (Å²) in [5.41, 5.74) is 0.343. The maximum atomic E-state index is 11.8. The number of amides is 1. The zero-order valence-electron chi connectivity index (χ0n) is 9.88. The van der Waals surface area contributed by atoms with Gasteiger partial charge in [0, 0.05) is 12.5 Å². The van der Waals surface area contributed by atoms with Crippen LogP contribution in [0.4, 0.5) is 0 Å². The molecule has 2 unspecified atom stereocenters. The number of aliphatic hydroxyl groups excluding tert-OH is 1. The number of hydrogen-bond donors (Lipinski definition) is 3. The quantitative estimate of drug-likeness (QED) is 0.801. The van der Waals surface area contributed by atoms with Gasteiger partial charge in [-0.2, -0.15) is 0 Å². The van der Waals surface area contributed by atoms with Gasteiger partial charge in [-0.1, -0.05) is 36.0 Å². The second-order valence-corrected chi connectivity index (χ2v) is 5.45. The summed E-state index contributed by atoms with van der Waals surface area (Å²) in [7, 11) is 0. The Hall–Kier alpha value is -0.710. The van der Waals surface area contributed by atoms with Crippen LogP contribution in [0.5, 0.6) is 0 Å². The van der Waals surface area contributed by atoms with Gasteiger partial charge in [-0.3, -0.25) is 4.79 Å². The molecule has 1 saturated carbocycles. The lowest BCUT2D eigenvalue weighted by atomic mass is 9.86. The first kappa shape index (κ1) is 13.7. The number of halogens is 2. The molecule has 0 aliphatic heterocycles. The van der Waals surface area contributed by atoms with Gasteiger partial charge in [0.05, 0.1) is 11.1 Å². The minimum absolute atomic E-state index is 0.142. The second kappa shape index (κ2) is 5.95. The number of rotatable bonds is 3. The van der Waals surface area contributed by atoms with Crippen molar-refractivity contribution in [1.29, 1.82) is 0 Å². The Morgan fingerprint density at radius 3 is 2.78 bits per heavy atom. The highest BCUT2D eigenvalue weighted by molar-refractivity contribution is 6.41. The summed E-state index contributed by atoms with van der Waals surface area (Å²) in [6, 6.07) is 1.50. The summed E-state index contributed by atoms with van der Waals surface area (Å²) in [6.45, 7) is 0.480. The van der Waals surface area contributed by atoms with Crippen molar-refractivity contribution in [3.8, 4) is 0 Å². The lowest BCUT2D eigenvalue weighted by Gasteiger charge is -2.27. The monoisotopic (exact) mass is 290 g/mol. The van der Waals surface area contributed by atoms with E-state index in [2.05, 4.69) is 10.3 Å². The van der Waals surface area contributed by atoms with E-state index < -0.39 is 0 Å². The van der Waals surface area contributed by atoms with Crippen molar-refractivity contribution in [1.82, 2.24) is 10.3 Å². The highest BCUT2D eigenvalue weighted by Crippen LogP contribution is 2.24. The van der Waals surface area contributed by atoms with Crippen molar-refractivity contribution in [2.24, 2.45) is 5.92 Å². The van der Waals surface area contributed by atoms with Crippen LogP contribution >= 0.6 is 23.2 Å². The SMILES string of the molecule is O=C(NCC1CCCCC1O)c1cc(Cl)c(Cl)[nH]1. The number of aromatic amines is 1. The first-order chi connectivity index (χ1) is 8.58. The van der Waals surface area contributed by atoms with E-state index in [0.717, 1.165) is 25.7 Å². The van der Waals surface area contributed by atoms with E-state index in [4.69, 9.17) is 23.2 Å². The van der Waals surface area contributed by atoms with E-state index in [1.54, 1.807) is 0 Å². The van der Waals surface area contributed by atoms with Crippen LogP contribution in [0.2, 0.25) is 10.2 Å². The Morgan fingerprint density at radius 2 is 2.17 bits per heavy atom. The van der Waals surface area contributed by atoms with E-state index in [1.807, 2.05) is 0 Å². The largest absolute Gasteiger partial charge is 0.393 e. The number of carbonyl (C=O) groups excluding carboxylic acids is 1. The van der Waals surface area contributed by atoms with Crippen LogP contribution in [0.3, 0.4) is 0 Å². The van der Waals surface area contributed by atoms with E-state index in [0.29, 0.717) is 17.3 Å². The van der Waals surface area contributed by atoms with Gasteiger partial charge in [0.2, 0.25) is 0 Å². The fourth-order valence-electron chi connectivity index (χ4n) is 2.27. The molecule has 6 heteroatoms. The Labute approximate surface area is 116 Å². The van der Waals surface area contributed by atoms with Crippen molar-refractivity contribution in [2.45, 2.75) is 31.8 Å². The normalized spacial score (nSPS) is 23.9. The third-order valence-electron chi connectivity index (χ3n) is 3.36. The number of carbonyl (C=O) groups is 1. The molecule has 0 saturated heterocycles. The molecule has 4 nitrogen and oxygen atoms in total. The zero-order valence-corrected chi connectivity index (χ0v) is 11.4. The van der Waals surface area contributed by atoms with Gasteiger partial charge in [-0.05, 0) is 18.9 Å². The predicted octanol–water partition coefficient (Wildman–Crippen LogP) is 2.60. The minimum atomic E-state index is -0.310. The highest BCUT2D eigenvalue weighted by Gasteiger charge is 2.23. The zero-order chi connectivity index (χ0) is 13.1. The molecule has 2 atom stereocenters. The number of aliphatic hydroxyl groups is 1. The summed E-state index contributed by atoms with van der Waals surface area (Å²) < 4.78 is 0. The predicted molar refractivity (Wildman–Crippen MR) is 71.1 cm³/mol. The van der Waals surface area contributed by atoms with Gasteiger partial charge in [-0.15, -0.1) is 0 Å². The lowest BCUT2D eigenvalue weighted by molar-refractivity contribution is 0.0662. The van der Waals surface area contributed by atoms with Crippen molar-refractivity contribution in [3.05, 3.63) is 21.9 Å². The number of nitrogens with one attached hydrogen (secondary N) is 2. The van der Waals surface area contributed by atoms with Gasteiger partial charge in [-0.25, -0.2) is 0 Å². The van der Waals surface area contributed by atoms with Crippen LogP contribution in [-0.4, -0.2) is 28.6 Å². The molecule has 1 heterocycles. The Bertz CT molecular complexity index is 414. The van der Waals surface area contributed by atoms with Crippen molar-refractivity contribution in [2.75, 3.05) is 6.54 Å². The summed E-state index contributed by atoms with van der Waals surface area (Å²) in [6.07, 6.45) is 3.63. The first-order valence-corrected chi connectivity index (χ1v) is 6.84. The smallest absolute Gasteiger partial charge is 0.267 e. The summed E-state index contributed by atoms with van der Waals surface area (Å²) in [5, 5.41) is 13.2. The molecular formula is C12H16Cl2N2O2. The molecule has 1 fully saturated rings. The van der Waals surface area contributed by atoms with Crippen LogP contribution in [-0.2, 0) is 0 Å². The lowest BCUT2D eigenvalue weighted by Crippen LogP contribution is -2.36. The van der Waals surface area contributed by atoms with E-state index >= 15 is 0 Å². The van der Waals surface area contributed by atoms with Crippen LogP contribution in [0.25, 0.3) is 0 Å². The van der Waals surface area contributed by atoms with Crippen LogP contribution in [0.15, 0.2) is 6.07 Å². The van der Waals surface area contributed by atoms with Crippen molar-refractivity contribution < 1.29 is 9.90 Å². The molecule has 1 aromatic heterocycles. The molecule has 100 valence electrons. The van der Waals surface area contributed by atoms with E-state index in [1.165, 1.54) is 6.07 Å². The van der Waals surface area contributed by atoms with Gasteiger partial charge >= 0.3 is 0 Å². The first-order valence-electron chi connectivity index (χ1n) is 6.08. The maximum Gasteiger partial charge on any atom is 0.267 e. The van der Waals surface area contributed by atoms with Crippen LogP contribution < -0.4 is 5.32 Å². The number of H-pyrrole nitrogens is 1. The minimum Gasteiger partial charge on any atom is -0.393 e. The molecule has 3 N–H and O–H groups in total. The van der Waals surface area contributed by atoms with Crippen molar-refractivity contribution >= 4 is 29.1 Å². The molecule has 0 spiro atoms. The third kappa shape index (κ3) is 3.19. The van der Waals surface area contributed by atoms with Crippen LogP contribution in [0.1, 0.15) is 36.2 Å². The Kier molecular flexibility index (Phi) is 4.54. The molecule has 0 aromatic carbocycles. The topological polar surface area (TPSA) is 65.1 Å². The number of hydrogen-bond acceptors (Lipinski definition) is 2. The van der Waals surface area contributed by atoms with Gasteiger partial charge in [0.25, 0.3) is 5.91 Å². The molecule has 18 heavy (non-hydrogen) atoms. The second-order valence-electron chi connectivity index (χ2n) is 4.67. The van der Waals surface area contributed by atoms with Gasteiger partial charge in [0.1, 0.15) is 10.8 Å². The fraction of sp³-hybridized carbons (Fsp3) is 0.583. The standard InChI is InChI=1S/C12H16Cl2N2O2/c13-8-5-9(16-11(8)14)12(18)15-6-7-3-1-2-4-10(7)17/h5,7,10,16-17H,1-4,6H2,(H,15,18). The molecular weight excluding hydrogens is 275 g/mol. The highest BCUT2D eigenvalue weighted by atomic mass is 35.5. The average Bonchev–Trinajstić information content (AvgIpc) is 2.68. The Morgan fingerprint density at radius 1 is 1.44 bits per heavy atom. The summed E-state index contributed by atoms with van der Waals surface area (Å²) in [4.78, 5) is 14.5. The van der Waals surface area contributed by atoms with Crippen molar-refractivity contribution in [3.63, 3.8) is 0 Å². The van der Waals surface area contributed by atoms with Gasteiger partial charge < -0.3 is 15.4 Å². The molecule has 1 aliphatic rings. The number of aromatic nitrogens is 1. The van der Waals surface area contributed by atoms with Crippen LogP contribution in [0, 0.1) is 5.92 Å². The van der Waals surface area contributed by atoms with E-state index in [9.17, 15) is 9.90 Å². The molecule has 1 aliphatic carbocycles. The molecule has 0 bridgehead atoms. The summed E-state index contributed by atoms with van der Waals surface area (Å²) in [5.74, 6) is -0.106.